The summed E-state index contributed by atoms with van der Waals surface area (Å²) >= 11 is -0.520. The summed E-state index contributed by atoms with van der Waals surface area (Å²) in [5.41, 5.74) is 3.29. The third-order valence-corrected chi connectivity index (χ3v) is 13.7. The van der Waals surface area contributed by atoms with Gasteiger partial charge in [0.2, 0.25) is 0 Å². The predicted octanol–water partition coefficient (Wildman–Crippen LogP) is 3.27. The Balaban J connectivity index is 2.38. The average Bonchev–Trinajstić information content (AvgIpc) is 2.87. The zero-order chi connectivity index (χ0) is 10.7. The normalized spacial score (nSPS) is 17.5. The molecule has 0 atom stereocenters. The standard InChI is InChI=1S/C11H10.C2H6Si.Hf/c1-2-6-10(5-1)9-11-7-3-4-8-11;1-3-2;/h1-5,7H,6,8H2;1-2H3;. The van der Waals surface area contributed by atoms with Gasteiger partial charge in [-0.25, -0.2) is 0 Å². The van der Waals surface area contributed by atoms with Gasteiger partial charge in [-0.1, -0.05) is 0 Å². The van der Waals surface area contributed by atoms with E-state index in [-0.39, 0.29) is 5.49 Å². The van der Waals surface area contributed by atoms with E-state index >= 15 is 0 Å². The van der Waals surface area contributed by atoms with Crippen LogP contribution in [0.15, 0.2) is 47.6 Å². The van der Waals surface area contributed by atoms with Gasteiger partial charge in [-0.15, -0.1) is 0 Å². The van der Waals surface area contributed by atoms with Crippen LogP contribution in [0.1, 0.15) is 12.8 Å². The molecule has 76 valence electrons. The van der Waals surface area contributed by atoms with Gasteiger partial charge in [-0.3, -0.25) is 0 Å². The molecule has 0 aromatic rings. The van der Waals surface area contributed by atoms with Crippen molar-refractivity contribution in [3.8, 4) is 0 Å². The molecule has 0 N–H and O–H groups in total. The van der Waals surface area contributed by atoms with Crippen LogP contribution < -0.4 is 0 Å². The summed E-state index contributed by atoms with van der Waals surface area (Å²) in [5, 5.41) is 0. The first-order valence-electron chi connectivity index (χ1n) is 5.43. The van der Waals surface area contributed by atoms with Crippen molar-refractivity contribution in [2.45, 2.75) is 25.9 Å². The van der Waals surface area contributed by atoms with Gasteiger partial charge >= 0.3 is 103 Å². The van der Waals surface area contributed by atoms with E-state index < -0.39 is 21.0 Å². The van der Waals surface area contributed by atoms with Crippen molar-refractivity contribution >= 4 is 8.75 Å². The third kappa shape index (κ3) is 2.94. The molecule has 0 fully saturated rings. The number of rotatable bonds is 2. The Kier molecular flexibility index (Phi) is 4.03. The van der Waals surface area contributed by atoms with Crippen LogP contribution in [-0.2, 0) is 21.0 Å². The Morgan fingerprint density at radius 3 is 1.93 bits per heavy atom. The van der Waals surface area contributed by atoms with Gasteiger partial charge in [0.15, 0.2) is 0 Å². The fraction of sp³-hybridized carbons (Fsp3) is 0.308. The Bertz CT molecular complexity index is 419. The molecular formula is C13H16HfSi. The van der Waals surface area contributed by atoms with E-state index in [2.05, 4.69) is 49.6 Å². The number of allylic oxidation sites excluding steroid dienone is 8. The van der Waals surface area contributed by atoms with Crippen molar-refractivity contribution in [1.82, 2.24) is 0 Å². The van der Waals surface area contributed by atoms with E-state index in [4.69, 9.17) is 0 Å². The van der Waals surface area contributed by atoms with Crippen LogP contribution in [0.5, 0.6) is 0 Å². The molecule has 0 saturated carbocycles. The van der Waals surface area contributed by atoms with Crippen molar-refractivity contribution in [3.63, 3.8) is 0 Å². The Labute approximate surface area is 103 Å². The van der Waals surface area contributed by atoms with Gasteiger partial charge in [0.1, 0.15) is 0 Å². The van der Waals surface area contributed by atoms with Crippen molar-refractivity contribution in [1.29, 1.82) is 0 Å². The summed E-state index contributed by atoms with van der Waals surface area (Å²) < 4.78 is 1.82. The molecule has 0 saturated heterocycles. The summed E-state index contributed by atoms with van der Waals surface area (Å²) in [5.74, 6) is 0. The Morgan fingerprint density at radius 1 is 1.07 bits per heavy atom. The van der Waals surface area contributed by atoms with Crippen LogP contribution >= 0.6 is 0 Å². The molecule has 0 aromatic carbocycles. The van der Waals surface area contributed by atoms with Crippen molar-refractivity contribution in [2.24, 2.45) is 0 Å². The summed E-state index contributed by atoms with van der Waals surface area (Å²) in [4.78, 5) is 0. The quantitative estimate of drug-likeness (QED) is 0.647. The van der Waals surface area contributed by atoms with E-state index in [0.29, 0.717) is 0 Å². The predicted molar refractivity (Wildman–Crippen MR) is 66.2 cm³/mol. The molecular weight excluding hydrogens is 363 g/mol. The Hall–Kier alpha value is -0.0830. The third-order valence-electron chi connectivity index (χ3n) is 2.56. The van der Waals surface area contributed by atoms with Crippen LogP contribution in [0.4, 0.5) is 0 Å². The van der Waals surface area contributed by atoms with Crippen LogP contribution in [0.3, 0.4) is 0 Å². The molecule has 0 amide bonds. The van der Waals surface area contributed by atoms with Crippen molar-refractivity contribution in [2.75, 3.05) is 0 Å². The molecule has 2 aliphatic carbocycles. The fourth-order valence-corrected chi connectivity index (χ4v) is 12.9. The minimum atomic E-state index is -0.520. The molecule has 0 spiro atoms. The van der Waals surface area contributed by atoms with Gasteiger partial charge in [0.05, 0.1) is 0 Å². The van der Waals surface area contributed by atoms with Gasteiger partial charge in [0.25, 0.3) is 0 Å². The van der Waals surface area contributed by atoms with Gasteiger partial charge in [-0.2, -0.15) is 0 Å². The van der Waals surface area contributed by atoms with Gasteiger partial charge < -0.3 is 0 Å². The van der Waals surface area contributed by atoms with Crippen LogP contribution in [0.25, 0.3) is 0 Å². The first-order valence-corrected chi connectivity index (χ1v) is 15.1. The van der Waals surface area contributed by atoms with Gasteiger partial charge in [-0.05, 0) is 0 Å². The second kappa shape index (κ2) is 5.31. The topological polar surface area (TPSA) is 0 Å². The molecule has 0 aromatic heterocycles. The maximum absolute atomic E-state index is 2.49. The van der Waals surface area contributed by atoms with E-state index in [9.17, 15) is 0 Å². The van der Waals surface area contributed by atoms with Crippen LogP contribution in [0, 0.1) is 0 Å². The van der Waals surface area contributed by atoms with Crippen LogP contribution in [0.2, 0.25) is 13.1 Å². The van der Waals surface area contributed by atoms with E-state index in [0.717, 1.165) is 0 Å². The van der Waals surface area contributed by atoms with E-state index in [1.165, 1.54) is 12.8 Å². The zero-order valence-corrected chi connectivity index (χ0v) is 14.0. The van der Waals surface area contributed by atoms with Crippen LogP contribution in [-0.4, -0.2) is 8.75 Å². The fourth-order valence-electron chi connectivity index (χ4n) is 1.88. The molecule has 2 heteroatoms. The summed E-state index contributed by atoms with van der Waals surface area (Å²) in [6.07, 6.45) is 16.1. The monoisotopic (exact) mass is 380 g/mol. The minimum absolute atomic E-state index is 0.0137. The van der Waals surface area contributed by atoms with E-state index in [1.807, 2.05) is 3.26 Å². The summed E-state index contributed by atoms with van der Waals surface area (Å²) in [6, 6.07) is 0. The molecule has 0 aliphatic heterocycles. The molecule has 0 nitrogen and oxygen atoms in total. The second-order valence-corrected chi connectivity index (χ2v) is 21.7. The van der Waals surface area contributed by atoms with Gasteiger partial charge in [0, 0.05) is 0 Å². The maximum atomic E-state index is 2.49. The zero-order valence-electron chi connectivity index (χ0n) is 9.38. The molecule has 15 heavy (non-hydrogen) atoms. The average molecular weight is 379 g/mol. The first kappa shape index (κ1) is 11.4. The van der Waals surface area contributed by atoms with Crippen molar-refractivity contribution < 1.29 is 21.0 Å². The molecule has 0 unspecified atom stereocenters. The Morgan fingerprint density at radius 2 is 1.60 bits per heavy atom. The number of hydrogen-bond acceptors (Lipinski definition) is 0. The summed E-state index contributed by atoms with van der Waals surface area (Å²) in [7, 11) is 0. The molecule has 0 radical (unpaired) electrons. The molecule has 2 rings (SSSR count). The summed E-state index contributed by atoms with van der Waals surface area (Å²) in [6.45, 7) is 4.97. The SMILES string of the molecule is C[Si](C)=[Hf]=[C](C1=CC=CC1)C1=CC=CC1. The molecule has 0 bridgehead atoms. The van der Waals surface area contributed by atoms with E-state index in [1.54, 1.807) is 11.1 Å². The van der Waals surface area contributed by atoms with Crippen molar-refractivity contribution in [3.05, 3.63) is 47.6 Å². The molecule has 2 aliphatic rings. The number of hydrogen-bond donors (Lipinski definition) is 0. The molecule has 0 heterocycles. The second-order valence-electron chi connectivity index (χ2n) is 4.15. The first-order chi connectivity index (χ1) is 7.27.